The third kappa shape index (κ3) is 8.33. The molecule has 0 radical (unpaired) electrons. The van der Waals surface area contributed by atoms with Gasteiger partial charge in [-0.25, -0.2) is 0 Å². The van der Waals surface area contributed by atoms with Crippen LogP contribution in [0, 0.1) is 0 Å². The van der Waals surface area contributed by atoms with Gasteiger partial charge in [0.25, 0.3) is 5.91 Å². The number of hydrogen-bond donors (Lipinski definition) is 1. The summed E-state index contributed by atoms with van der Waals surface area (Å²) in [6.07, 6.45) is 6.64. The van der Waals surface area contributed by atoms with E-state index in [9.17, 15) is 9.59 Å². The highest BCUT2D eigenvalue weighted by Gasteiger charge is 2.40. The molecule has 0 spiro atoms. The number of likely N-dealkylation sites (tertiary alicyclic amines) is 2. The summed E-state index contributed by atoms with van der Waals surface area (Å²) in [5.41, 5.74) is 2.77. The Kier molecular flexibility index (Phi) is 11.6. The number of halogens is 3. The molecule has 2 aliphatic heterocycles. The minimum atomic E-state index is -0.202. The fraction of sp³-hybridized carbons (Fsp3) is 0.429. The Bertz CT molecular complexity index is 1360. The van der Waals surface area contributed by atoms with E-state index < -0.39 is 0 Å². The predicted molar refractivity (Wildman–Crippen MR) is 179 cm³/mol. The Morgan fingerprint density at radius 2 is 1.53 bits per heavy atom. The van der Waals surface area contributed by atoms with Crippen molar-refractivity contribution in [2.24, 2.45) is 0 Å². The number of hydrogen-bond acceptors (Lipinski definition) is 3. The van der Waals surface area contributed by atoms with Crippen LogP contribution >= 0.6 is 35.6 Å². The third-order valence-corrected chi connectivity index (χ3v) is 9.93. The number of carbonyl (C=O) groups excluding carboxylic acids is 2. The largest absolute Gasteiger partial charge is 0.350 e. The minimum absolute atomic E-state index is 0. The lowest BCUT2D eigenvalue weighted by atomic mass is 9.70. The lowest BCUT2D eigenvalue weighted by Crippen LogP contribution is -2.56. The summed E-state index contributed by atoms with van der Waals surface area (Å²) in [5, 5.41) is 4.42. The smallest absolute Gasteiger partial charge is 0.253 e. The maximum Gasteiger partial charge on any atom is 0.253 e. The summed E-state index contributed by atoms with van der Waals surface area (Å²) in [6.45, 7) is 5.93. The van der Waals surface area contributed by atoms with Crippen LogP contribution < -0.4 is 5.32 Å². The Morgan fingerprint density at radius 1 is 0.860 bits per heavy atom. The summed E-state index contributed by atoms with van der Waals surface area (Å²) in [7, 11) is 0. The molecule has 5 rings (SSSR count). The van der Waals surface area contributed by atoms with E-state index in [1.165, 1.54) is 5.56 Å². The van der Waals surface area contributed by atoms with E-state index in [-0.39, 0.29) is 35.2 Å². The normalized spacial score (nSPS) is 20.2. The zero-order valence-corrected chi connectivity index (χ0v) is 27.2. The van der Waals surface area contributed by atoms with Gasteiger partial charge in [0, 0.05) is 49.6 Å². The van der Waals surface area contributed by atoms with Gasteiger partial charge in [0.05, 0.1) is 10.0 Å². The number of nitrogens with zero attached hydrogens (tertiary/aromatic N) is 2. The van der Waals surface area contributed by atoms with Gasteiger partial charge in [-0.1, -0.05) is 77.8 Å². The lowest BCUT2D eigenvalue weighted by Gasteiger charge is -2.45. The zero-order valence-electron chi connectivity index (χ0n) is 24.9. The van der Waals surface area contributed by atoms with E-state index in [1.54, 1.807) is 6.92 Å². The van der Waals surface area contributed by atoms with Crippen molar-refractivity contribution >= 4 is 47.4 Å². The Labute approximate surface area is 272 Å². The van der Waals surface area contributed by atoms with Crippen LogP contribution in [0.2, 0.25) is 10.0 Å². The molecule has 2 amide bonds. The number of nitrogens with one attached hydrogen (secondary N) is 1. The van der Waals surface area contributed by atoms with Gasteiger partial charge in [0.15, 0.2) is 0 Å². The second-order valence-electron chi connectivity index (χ2n) is 12.2. The molecule has 2 aliphatic rings. The molecule has 5 nitrogen and oxygen atoms in total. The number of piperidine rings is 2. The molecule has 0 aromatic heterocycles. The van der Waals surface area contributed by atoms with Crippen molar-refractivity contribution < 1.29 is 9.59 Å². The molecule has 2 heterocycles. The van der Waals surface area contributed by atoms with Gasteiger partial charge in [-0.2, -0.15) is 0 Å². The highest BCUT2D eigenvalue weighted by molar-refractivity contribution is 6.42. The number of amides is 2. The number of rotatable bonds is 9. The van der Waals surface area contributed by atoms with Gasteiger partial charge in [-0.15, -0.1) is 12.4 Å². The van der Waals surface area contributed by atoms with Crippen molar-refractivity contribution in [3.05, 3.63) is 106 Å². The van der Waals surface area contributed by atoms with Crippen molar-refractivity contribution in [3.8, 4) is 0 Å². The first-order valence-electron chi connectivity index (χ1n) is 15.1. The maximum absolute atomic E-state index is 13.5. The van der Waals surface area contributed by atoms with E-state index in [1.807, 2.05) is 53.4 Å². The Morgan fingerprint density at radius 3 is 2.19 bits per heavy atom. The second kappa shape index (κ2) is 14.9. The summed E-state index contributed by atoms with van der Waals surface area (Å²) in [4.78, 5) is 30.2. The van der Waals surface area contributed by atoms with Crippen LogP contribution in [0.15, 0.2) is 78.9 Å². The molecule has 2 saturated heterocycles. The van der Waals surface area contributed by atoms with E-state index in [0.29, 0.717) is 16.6 Å². The Hall–Kier alpha value is -2.57. The molecular weight excluding hydrogens is 601 g/mol. The molecule has 1 N–H and O–H groups in total. The predicted octanol–water partition coefficient (Wildman–Crippen LogP) is 7.58. The first kappa shape index (κ1) is 33.3. The summed E-state index contributed by atoms with van der Waals surface area (Å²) >= 11 is 12.8. The minimum Gasteiger partial charge on any atom is -0.350 e. The van der Waals surface area contributed by atoms with Crippen LogP contribution in [0.5, 0.6) is 0 Å². The SMILES string of the molecule is CC(=O)NC1(Cc2ccccc2)CCN(CCCC2(c3ccc(Cl)c(Cl)c3)CCCN(C(=O)c3ccccc3)C2)CC1.Cl. The van der Waals surface area contributed by atoms with Crippen LogP contribution in [-0.4, -0.2) is 59.9 Å². The molecular formula is C35H42Cl3N3O2. The molecule has 0 saturated carbocycles. The monoisotopic (exact) mass is 641 g/mol. The van der Waals surface area contributed by atoms with Crippen molar-refractivity contribution in [1.82, 2.24) is 15.1 Å². The van der Waals surface area contributed by atoms with Crippen LogP contribution in [0.1, 0.15) is 66.9 Å². The van der Waals surface area contributed by atoms with Gasteiger partial charge < -0.3 is 15.1 Å². The molecule has 0 bridgehead atoms. The van der Waals surface area contributed by atoms with Crippen molar-refractivity contribution in [2.75, 3.05) is 32.7 Å². The molecule has 3 aromatic carbocycles. The van der Waals surface area contributed by atoms with Gasteiger partial charge in [-0.3, -0.25) is 9.59 Å². The standard InChI is InChI=1S/C35H41Cl2N3O2.ClH/c1-27(41)38-35(25-28-10-4-2-5-11-28)18-22-39(23-19-35)20-8-16-34(30-14-15-31(36)32(37)24-30)17-9-21-40(26-34)33(42)29-12-6-3-7-13-29;/h2-7,10-15,24H,8-9,16-23,25-26H2,1H3,(H,38,41);1H. The van der Waals surface area contributed by atoms with E-state index in [0.717, 1.165) is 82.3 Å². The molecule has 8 heteroatoms. The van der Waals surface area contributed by atoms with E-state index in [4.69, 9.17) is 23.2 Å². The molecule has 0 aliphatic carbocycles. The van der Waals surface area contributed by atoms with Crippen LogP contribution in [-0.2, 0) is 16.6 Å². The molecule has 1 atom stereocenters. The van der Waals surface area contributed by atoms with Crippen LogP contribution in [0.25, 0.3) is 0 Å². The topological polar surface area (TPSA) is 52.7 Å². The van der Waals surface area contributed by atoms with Crippen LogP contribution in [0.3, 0.4) is 0 Å². The average molecular weight is 643 g/mol. The maximum atomic E-state index is 13.5. The van der Waals surface area contributed by atoms with E-state index in [2.05, 4.69) is 40.5 Å². The van der Waals surface area contributed by atoms with Crippen molar-refractivity contribution in [2.45, 2.75) is 62.8 Å². The lowest BCUT2D eigenvalue weighted by molar-refractivity contribution is -0.121. The second-order valence-corrected chi connectivity index (χ2v) is 13.0. The van der Waals surface area contributed by atoms with Crippen LogP contribution in [0.4, 0.5) is 0 Å². The van der Waals surface area contributed by atoms with Crippen molar-refractivity contribution in [1.29, 1.82) is 0 Å². The fourth-order valence-corrected chi connectivity index (χ4v) is 7.33. The zero-order chi connectivity index (χ0) is 29.6. The van der Waals surface area contributed by atoms with E-state index >= 15 is 0 Å². The average Bonchev–Trinajstić information content (AvgIpc) is 3.00. The molecule has 3 aromatic rings. The van der Waals surface area contributed by atoms with Gasteiger partial charge in [0.1, 0.15) is 0 Å². The molecule has 2 fully saturated rings. The number of carbonyl (C=O) groups is 2. The highest BCUT2D eigenvalue weighted by Crippen LogP contribution is 2.41. The molecule has 230 valence electrons. The highest BCUT2D eigenvalue weighted by atomic mass is 35.5. The first-order valence-corrected chi connectivity index (χ1v) is 15.9. The van der Waals surface area contributed by atoms with Gasteiger partial charge >= 0.3 is 0 Å². The summed E-state index contributed by atoms with van der Waals surface area (Å²) in [5.74, 6) is 0.123. The molecule has 1 unspecified atom stereocenters. The van der Waals surface area contributed by atoms with Gasteiger partial charge in [-0.05, 0) is 86.9 Å². The van der Waals surface area contributed by atoms with Gasteiger partial charge in [0.2, 0.25) is 5.91 Å². The summed E-state index contributed by atoms with van der Waals surface area (Å²) in [6, 6.07) is 26.0. The third-order valence-electron chi connectivity index (χ3n) is 9.19. The fourth-order valence-electron chi connectivity index (χ4n) is 7.03. The van der Waals surface area contributed by atoms with Crippen molar-refractivity contribution in [3.63, 3.8) is 0 Å². The first-order chi connectivity index (χ1) is 20.3. The Balaban J connectivity index is 0.00000423. The summed E-state index contributed by atoms with van der Waals surface area (Å²) < 4.78 is 0. The number of benzene rings is 3. The quantitative estimate of drug-likeness (QED) is 0.262. The molecule has 43 heavy (non-hydrogen) atoms.